The minimum Gasteiger partial charge on any atom is -0.479 e. The molecule has 1 unspecified atom stereocenters. The fraction of sp³-hybridized carbons (Fsp3) is 0.556. The molecule has 0 spiro atoms. The topological polar surface area (TPSA) is 66.8 Å². The van der Waals surface area contributed by atoms with Crippen LogP contribution >= 0.6 is 67.8 Å². The molecule has 0 saturated carbocycles. The first-order chi connectivity index (χ1) is 12.2. The first kappa shape index (κ1) is 24.2. The zero-order chi connectivity index (χ0) is 19.9. The van der Waals surface area contributed by atoms with E-state index in [0.29, 0.717) is 18.7 Å². The monoisotopic (exact) mass is 699 g/mol. The largest absolute Gasteiger partial charge is 0.479 e. The second-order valence-corrected chi connectivity index (χ2v) is 9.35. The number of hydrogen-bond donors (Lipinski definition) is 1. The summed E-state index contributed by atoms with van der Waals surface area (Å²) in [6.45, 7) is 6.30. The summed E-state index contributed by atoms with van der Waals surface area (Å²) in [5.74, 6) is -0.436. The number of rotatable bonds is 10. The lowest BCUT2D eigenvalue weighted by Crippen LogP contribution is -2.32. The van der Waals surface area contributed by atoms with Crippen LogP contribution in [0, 0.1) is 10.7 Å². The Morgan fingerprint density at radius 1 is 1.15 bits per heavy atom. The normalized spacial score (nSPS) is 11.9. The predicted molar refractivity (Wildman–Crippen MR) is 129 cm³/mol. The molecule has 0 aromatic heterocycles. The Labute approximate surface area is 196 Å². The number of amides is 1. The quantitative estimate of drug-likeness (QED) is 0.320. The maximum absolute atomic E-state index is 12.2. The summed E-state index contributed by atoms with van der Waals surface area (Å²) >= 11 is 6.55. The minimum absolute atomic E-state index is 0.0257. The van der Waals surface area contributed by atoms with E-state index in [1.807, 2.05) is 13.0 Å². The van der Waals surface area contributed by atoms with Crippen molar-refractivity contribution in [3.63, 3.8) is 0 Å². The van der Waals surface area contributed by atoms with Crippen LogP contribution in [0.25, 0.3) is 0 Å². The van der Waals surface area contributed by atoms with Gasteiger partial charge in [-0.05, 0) is 93.1 Å². The van der Waals surface area contributed by atoms with Crippen LogP contribution in [0.5, 0.6) is 5.75 Å². The van der Waals surface area contributed by atoms with E-state index in [1.165, 1.54) is 0 Å². The Morgan fingerprint density at radius 2 is 1.77 bits per heavy atom. The molecule has 0 aliphatic carbocycles. The molecule has 0 radical (unpaired) electrons. The average molecular weight is 699 g/mol. The molecule has 1 amide bonds. The number of anilines is 1. The number of carbonyl (C=O) groups is 2. The molecule has 1 N–H and O–H groups in total. The fourth-order valence-corrected chi connectivity index (χ4v) is 6.63. The third-order valence-electron chi connectivity index (χ3n) is 3.84. The summed E-state index contributed by atoms with van der Waals surface area (Å²) in [6, 6.07) is 1.94. The highest BCUT2D eigenvalue weighted by Gasteiger charge is 2.26. The lowest BCUT2D eigenvalue weighted by Gasteiger charge is -2.26. The maximum Gasteiger partial charge on any atom is 0.344 e. The van der Waals surface area contributed by atoms with Crippen molar-refractivity contribution in [2.45, 2.75) is 59.0 Å². The number of halogens is 3. The zero-order valence-corrected chi connectivity index (χ0v) is 21.6. The zero-order valence-electron chi connectivity index (χ0n) is 15.2. The number of ether oxygens (including phenoxy) is 1. The third kappa shape index (κ3) is 6.64. The molecule has 0 fully saturated rings. The number of unbranched alkanes of at least 4 members (excludes halogenated alkanes) is 2. The SMILES string of the molecule is CCCCC(Oc1c(I)cc(I)c(N(CCCC)C(C)=O)c1I)C(=O)O. The number of carboxylic acids is 1. The summed E-state index contributed by atoms with van der Waals surface area (Å²) in [7, 11) is 0. The van der Waals surface area contributed by atoms with Gasteiger partial charge in [-0.25, -0.2) is 4.79 Å². The number of hydrogen-bond acceptors (Lipinski definition) is 3. The van der Waals surface area contributed by atoms with Crippen LogP contribution in [-0.4, -0.2) is 29.6 Å². The fourth-order valence-electron chi connectivity index (χ4n) is 2.43. The van der Waals surface area contributed by atoms with E-state index in [1.54, 1.807) is 11.8 Å². The van der Waals surface area contributed by atoms with Gasteiger partial charge in [0.05, 0.1) is 12.8 Å². The second kappa shape index (κ2) is 11.9. The molecule has 1 rings (SSSR count). The van der Waals surface area contributed by atoms with E-state index >= 15 is 0 Å². The van der Waals surface area contributed by atoms with E-state index in [0.717, 1.165) is 42.1 Å². The highest BCUT2D eigenvalue weighted by Crippen LogP contribution is 2.40. The molecule has 1 aromatic carbocycles. The Kier molecular flexibility index (Phi) is 11.0. The lowest BCUT2D eigenvalue weighted by molar-refractivity contribution is -0.145. The summed E-state index contributed by atoms with van der Waals surface area (Å²) in [6.07, 6.45) is 3.17. The van der Waals surface area contributed by atoms with Gasteiger partial charge in [0, 0.05) is 17.0 Å². The molecule has 1 atom stereocenters. The predicted octanol–water partition coefficient (Wildman–Crippen LogP) is 5.68. The van der Waals surface area contributed by atoms with E-state index < -0.39 is 12.1 Å². The van der Waals surface area contributed by atoms with Gasteiger partial charge in [-0.3, -0.25) is 4.79 Å². The minimum atomic E-state index is -0.959. The van der Waals surface area contributed by atoms with E-state index in [-0.39, 0.29) is 5.91 Å². The molecular formula is C18H24I3NO4. The number of benzene rings is 1. The van der Waals surface area contributed by atoms with Gasteiger partial charge in [-0.1, -0.05) is 26.7 Å². The molecule has 0 saturated heterocycles. The number of aliphatic carboxylic acids is 1. The van der Waals surface area contributed by atoms with Crippen LogP contribution in [0.2, 0.25) is 0 Å². The molecule has 8 heteroatoms. The average Bonchev–Trinajstić information content (AvgIpc) is 2.56. The van der Waals surface area contributed by atoms with Crippen LogP contribution in [-0.2, 0) is 9.59 Å². The molecule has 0 aliphatic heterocycles. The van der Waals surface area contributed by atoms with Crippen LogP contribution < -0.4 is 9.64 Å². The first-order valence-electron chi connectivity index (χ1n) is 8.59. The van der Waals surface area contributed by atoms with E-state index in [4.69, 9.17) is 4.74 Å². The summed E-state index contributed by atoms with van der Waals surface area (Å²) < 4.78 is 8.50. The highest BCUT2D eigenvalue weighted by molar-refractivity contribution is 14.1. The van der Waals surface area contributed by atoms with Crippen molar-refractivity contribution in [2.24, 2.45) is 0 Å². The Hall–Kier alpha value is 0.150. The van der Waals surface area contributed by atoms with Crippen molar-refractivity contribution in [3.05, 3.63) is 16.8 Å². The van der Waals surface area contributed by atoms with Crippen molar-refractivity contribution in [1.82, 2.24) is 0 Å². The van der Waals surface area contributed by atoms with Gasteiger partial charge in [0.15, 0.2) is 6.10 Å². The Balaban J connectivity index is 3.33. The van der Waals surface area contributed by atoms with Crippen molar-refractivity contribution in [3.8, 4) is 5.75 Å². The van der Waals surface area contributed by atoms with Crippen LogP contribution in [0.15, 0.2) is 6.07 Å². The lowest BCUT2D eigenvalue weighted by atomic mass is 10.1. The summed E-state index contributed by atoms with van der Waals surface area (Å²) in [4.78, 5) is 25.5. The summed E-state index contributed by atoms with van der Waals surface area (Å²) in [5, 5.41) is 9.48. The standard InChI is InChI=1S/C18H24I3NO4/c1-4-6-8-14(18(24)25)26-17-13(20)10-12(19)16(15(17)21)22(11(3)23)9-7-5-2/h10,14H,4-9H2,1-3H3,(H,24,25). The van der Waals surface area contributed by atoms with Gasteiger partial charge in [0.2, 0.25) is 5.91 Å². The number of carbonyl (C=O) groups excluding carboxylic acids is 1. The first-order valence-corrected chi connectivity index (χ1v) is 11.8. The van der Waals surface area contributed by atoms with Crippen molar-refractivity contribution >= 4 is 85.3 Å². The second-order valence-electron chi connectivity index (χ2n) is 5.94. The third-order valence-corrected chi connectivity index (χ3v) is 6.47. The van der Waals surface area contributed by atoms with Gasteiger partial charge in [0.1, 0.15) is 5.75 Å². The van der Waals surface area contributed by atoms with Crippen molar-refractivity contribution < 1.29 is 19.4 Å². The molecular weight excluding hydrogens is 675 g/mol. The van der Waals surface area contributed by atoms with Gasteiger partial charge < -0.3 is 14.7 Å². The number of carboxylic acid groups (broad SMARTS) is 1. The van der Waals surface area contributed by atoms with Crippen molar-refractivity contribution in [2.75, 3.05) is 11.4 Å². The Morgan fingerprint density at radius 3 is 2.27 bits per heavy atom. The van der Waals surface area contributed by atoms with Crippen LogP contribution in [0.3, 0.4) is 0 Å². The molecule has 5 nitrogen and oxygen atoms in total. The van der Waals surface area contributed by atoms with Gasteiger partial charge in [-0.15, -0.1) is 0 Å². The van der Waals surface area contributed by atoms with E-state index in [2.05, 4.69) is 74.7 Å². The maximum atomic E-state index is 12.2. The van der Waals surface area contributed by atoms with Crippen LogP contribution in [0.4, 0.5) is 5.69 Å². The number of nitrogens with zero attached hydrogens (tertiary/aromatic N) is 1. The molecule has 146 valence electrons. The van der Waals surface area contributed by atoms with Gasteiger partial charge in [-0.2, -0.15) is 0 Å². The molecule has 26 heavy (non-hydrogen) atoms. The van der Waals surface area contributed by atoms with Crippen molar-refractivity contribution in [1.29, 1.82) is 0 Å². The smallest absolute Gasteiger partial charge is 0.344 e. The van der Waals surface area contributed by atoms with Crippen LogP contribution in [0.1, 0.15) is 52.9 Å². The van der Waals surface area contributed by atoms with Gasteiger partial charge in [0.25, 0.3) is 0 Å². The Bertz CT molecular complexity index is 652. The molecule has 0 aliphatic rings. The highest BCUT2D eigenvalue weighted by atomic mass is 127. The molecule has 1 aromatic rings. The van der Waals surface area contributed by atoms with E-state index in [9.17, 15) is 14.7 Å². The summed E-state index contributed by atoms with van der Waals surface area (Å²) in [5.41, 5.74) is 0.808. The molecule has 0 heterocycles. The molecule has 0 bridgehead atoms. The van der Waals surface area contributed by atoms with Gasteiger partial charge >= 0.3 is 5.97 Å².